The summed E-state index contributed by atoms with van der Waals surface area (Å²) >= 11 is 0. The van der Waals surface area contributed by atoms with Crippen molar-refractivity contribution >= 4 is 0 Å². The standard InChI is InChI=1S/C10H18O/c1-9(2)6-4-5-7-10(9,3)8-11/h4-5,11H,6-8H2,1-3H3. The largest absolute Gasteiger partial charge is 0.396 e. The molecule has 0 aromatic rings. The molecule has 0 radical (unpaired) electrons. The summed E-state index contributed by atoms with van der Waals surface area (Å²) in [6.07, 6.45) is 6.50. The first-order valence-corrected chi connectivity index (χ1v) is 4.28. The Morgan fingerprint density at radius 2 is 1.73 bits per heavy atom. The molecule has 1 rings (SSSR count). The first kappa shape index (κ1) is 8.79. The smallest absolute Gasteiger partial charge is 0.0492 e. The maximum Gasteiger partial charge on any atom is 0.0492 e. The topological polar surface area (TPSA) is 20.2 Å². The van der Waals surface area contributed by atoms with E-state index in [9.17, 15) is 5.11 Å². The lowest BCUT2D eigenvalue weighted by atomic mass is 9.61. The van der Waals surface area contributed by atoms with Gasteiger partial charge in [-0.3, -0.25) is 0 Å². The Balaban J connectivity index is 2.86. The van der Waals surface area contributed by atoms with Crippen molar-refractivity contribution in [1.82, 2.24) is 0 Å². The van der Waals surface area contributed by atoms with Crippen molar-refractivity contribution in [3.63, 3.8) is 0 Å². The highest BCUT2D eigenvalue weighted by molar-refractivity contribution is 5.04. The molecule has 0 heterocycles. The summed E-state index contributed by atoms with van der Waals surface area (Å²) in [5.74, 6) is 0. The second kappa shape index (κ2) is 2.63. The number of aliphatic hydroxyl groups is 1. The van der Waals surface area contributed by atoms with E-state index in [1.807, 2.05) is 0 Å². The van der Waals surface area contributed by atoms with Crippen LogP contribution in [0.5, 0.6) is 0 Å². The minimum atomic E-state index is 0.0851. The van der Waals surface area contributed by atoms with Crippen molar-refractivity contribution in [1.29, 1.82) is 0 Å². The van der Waals surface area contributed by atoms with Crippen LogP contribution in [0.1, 0.15) is 33.6 Å². The van der Waals surface area contributed by atoms with E-state index in [4.69, 9.17) is 0 Å². The zero-order chi connectivity index (χ0) is 8.54. The maximum absolute atomic E-state index is 9.25. The fourth-order valence-corrected chi connectivity index (χ4v) is 1.52. The molecule has 0 saturated heterocycles. The Morgan fingerprint density at radius 1 is 1.18 bits per heavy atom. The molecule has 0 amide bonds. The predicted octanol–water partition coefficient (Wildman–Crippen LogP) is 2.36. The monoisotopic (exact) mass is 154 g/mol. The minimum Gasteiger partial charge on any atom is -0.396 e. The van der Waals surface area contributed by atoms with Crippen molar-refractivity contribution in [3.05, 3.63) is 12.2 Å². The molecule has 64 valence electrons. The van der Waals surface area contributed by atoms with Gasteiger partial charge in [-0.15, -0.1) is 0 Å². The van der Waals surface area contributed by atoms with E-state index in [2.05, 4.69) is 32.9 Å². The van der Waals surface area contributed by atoms with Crippen LogP contribution in [0.4, 0.5) is 0 Å². The highest BCUT2D eigenvalue weighted by atomic mass is 16.3. The molecular formula is C10H18O. The summed E-state index contributed by atoms with van der Waals surface area (Å²) in [4.78, 5) is 0. The highest BCUT2D eigenvalue weighted by Gasteiger charge is 2.40. The Morgan fingerprint density at radius 3 is 2.09 bits per heavy atom. The van der Waals surface area contributed by atoms with E-state index >= 15 is 0 Å². The molecule has 1 nitrogen and oxygen atoms in total. The molecule has 1 aliphatic carbocycles. The van der Waals surface area contributed by atoms with Crippen molar-refractivity contribution in [2.45, 2.75) is 33.6 Å². The molecule has 11 heavy (non-hydrogen) atoms. The van der Waals surface area contributed by atoms with Gasteiger partial charge in [0, 0.05) is 6.61 Å². The van der Waals surface area contributed by atoms with Gasteiger partial charge in [-0.1, -0.05) is 32.9 Å². The second-order valence-electron chi connectivity index (χ2n) is 4.48. The van der Waals surface area contributed by atoms with Gasteiger partial charge in [-0.25, -0.2) is 0 Å². The summed E-state index contributed by atoms with van der Waals surface area (Å²) in [6, 6.07) is 0. The van der Waals surface area contributed by atoms with E-state index in [1.54, 1.807) is 0 Å². The molecular weight excluding hydrogens is 136 g/mol. The zero-order valence-corrected chi connectivity index (χ0v) is 7.72. The molecule has 1 aliphatic rings. The molecule has 0 saturated carbocycles. The average Bonchev–Trinajstić information content (AvgIpc) is 1.95. The minimum absolute atomic E-state index is 0.0851. The van der Waals surface area contributed by atoms with E-state index in [0.29, 0.717) is 6.61 Å². The van der Waals surface area contributed by atoms with Crippen LogP contribution in [0.3, 0.4) is 0 Å². The third-order valence-electron chi connectivity index (χ3n) is 3.35. The van der Waals surface area contributed by atoms with E-state index in [-0.39, 0.29) is 10.8 Å². The van der Waals surface area contributed by atoms with Gasteiger partial charge in [-0.05, 0) is 23.7 Å². The lowest BCUT2D eigenvalue weighted by Gasteiger charge is -2.44. The first-order chi connectivity index (χ1) is 5.02. The van der Waals surface area contributed by atoms with Crippen LogP contribution >= 0.6 is 0 Å². The number of hydrogen-bond donors (Lipinski definition) is 1. The van der Waals surface area contributed by atoms with Gasteiger partial charge in [0.15, 0.2) is 0 Å². The molecule has 0 bridgehead atoms. The predicted molar refractivity (Wildman–Crippen MR) is 47.3 cm³/mol. The Hall–Kier alpha value is -0.300. The molecule has 0 aliphatic heterocycles. The number of rotatable bonds is 1. The van der Waals surface area contributed by atoms with Crippen LogP contribution in [0, 0.1) is 10.8 Å². The van der Waals surface area contributed by atoms with Gasteiger partial charge >= 0.3 is 0 Å². The normalized spacial score (nSPS) is 35.6. The van der Waals surface area contributed by atoms with Gasteiger partial charge in [0.05, 0.1) is 0 Å². The quantitative estimate of drug-likeness (QED) is 0.575. The lowest BCUT2D eigenvalue weighted by molar-refractivity contribution is 0.0182. The number of allylic oxidation sites excluding steroid dienone is 2. The van der Waals surface area contributed by atoms with Gasteiger partial charge in [0.25, 0.3) is 0 Å². The summed E-state index contributed by atoms with van der Waals surface area (Å²) in [6.45, 7) is 6.92. The van der Waals surface area contributed by atoms with Crippen LogP contribution in [0.15, 0.2) is 12.2 Å². The molecule has 0 fully saturated rings. The third-order valence-corrected chi connectivity index (χ3v) is 3.35. The van der Waals surface area contributed by atoms with Crippen molar-refractivity contribution < 1.29 is 5.11 Å². The van der Waals surface area contributed by atoms with Crippen LogP contribution < -0.4 is 0 Å². The summed E-state index contributed by atoms with van der Waals surface area (Å²) in [5, 5.41) is 9.25. The lowest BCUT2D eigenvalue weighted by Crippen LogP contribution is -2.39. The van der Waals surface area contributed by atoms with Crippen LogP contribution in [0.2, 0.25) is 0 Å². The molecule has 1 heteroatoms. The SMILES string of the molecule is CC1(C)CC=CCC1(C)CO. The summed E-state index contributed by atoms with van der Waals surface area (Å²) < 4.78 is 0. The number of hydrogen-bond acceptors (Lipinski definition) is 1. The summed E-state index contributed by atoms with van der Waals surface area (Å²) in [5.41, 5.74) is 0.332. The molecule has 1 unspecified atom stereocenters. The molecule has 1 atom stereocenters. The fraction of sp³-hybridized carbons (Fsp3) is 0.800. The summed E-state index contributed by atoms with van der Waals surface area (Å²) in [7, 11) is 0. The van der Waals surface area contributed by atoms with Crippen LogP contribution in [0.25, 0.3) is 0 Å². The maximum atomic E-state index is 9.25. The van der Waals surface area contributed by atoms with Gasteiger partial charge < -0.3 is 5.11 Å². The van der Waals surface area contributed by atoms with E-state index in [1.165, 1.54) is 0 Å². The van der Waals surface area contributed by atoms with Crippen molar-refractivity contribution in [2.75, 3.05) is 6.61 Å². The number of aliphatic hydroxyl groups excluding tert-OH is 1. The fourth-order valence-electron chi connectivity index (χ4n) is 1.52. The molecule has 0 aromatic heterocycles. The highest BCUT2D eigenvalue weighted by Crippen LogP contribution is 2.46. The molecule has 0 aromatic carbocycles. The first-order valence-electron chi connectivity index (χ1n) is 4.28. The van der Waals surface area contributed by atoms with E-state index in [0.717, 1.165) is 12.8 Å². The molecule has 1 N–H and O–H groups in total. The third kappa shape index (κ3) is 1.34. The van der Waals surface area contributed by atoms with Crippen molar-refractivity contribution in [2.24, 2.45) is 10.8 Å². The van der Waals surface area contributed by atoms with Gasteiger partial charge in [0.1, 0.15) is 0 Å². The van der Waals surface area contributed by atoms with Gasteiger partial charge in [-0.2, -0.15) is 0 Å². The Bertz CT molecular complexity index is 170. The zero-order valence-electron chi connectivity index (χ0n) is 7.72. The average molecular weight is 154 g/mol. The Labute approximate surface area is 69.1 Å². The van der Waals surface area contributed by atoms with Crippen molar-refractivity contribution in [3.8, 4) is 0 Å². The van der Waals surface area contributed by atoms with Gasteiger partial charge in [0.2, 0.25) is 0 Å². The Kier molecular flexibility index (Phi) is 2.10. The second-order valence-corrected chi connectivity index (χ2v) is 4.48. The van der Waals surface area contributed by atoms with E-state index < -0.39 is 0 Å². The van der Waals surface area contributed by atoms with Crippen LogP contribution in [-0.2, 0) is 0 Å². The van der Waals surface area contributed by atoms with Crippen LogP contribution in [-0.4, -0.2) is 11.7 Å². The molecule has 0 spiro atoms.